The minimum atomic E-state index is -0.0667. The summed E-state index contributed by atoms with van der Waals surface area (Å²) in [6.07, 6.45) is 1.54. The third kappa shape index (κ3) is 1.14. The van der Waals surface area contributed by atoms with Crippen LogP contribution in [0.5, 0.6) is 0 Å². The number of benzene rings is 1. The first-order valence-corrected chi connectivity index (χ1v) is 3.45. The summed E-state index contributed by atoms with van der Waals surface area (Å²) >= 11 is 0. The van der Waals surface area contributed by atoms with E-state index >= 15 is 0 Å². The van der Waals surface area contributed by atoms with Crippen LogP contribution in [0.3, 0.4) is 0 Å². The summed E-state index contributed by atoms with van der Waals surface area (Å²) in [5, 5.41) is 10.8. The molecule has 0 aromatic heterocycles. The molecule has 1 aliphatic heterocycles. The lowest BCUT2D eigenvalue weighted by atomic mass is 10.1. The molecular formula is C8H5N3O. The molecule has 0 unspecified atom stereocenters. The van der Waals surface area contributed by atoms with Gasteiger partial charge in [0.15, 0.2) is 5.43 Å². The summed E-state index contributed by atoms with van der Waals surface area (Å²) < 4.78 is 0. The van der Waals surface area contributed by atoms with Crippen LogP contribution in [0, 0.1) is 0 Å². The number of rotatable bonds is 0. The molecule has 0 aromatic rings. The molecular weight excluding hydrogens is 154 g/mol. The molecule has 4 nitrogen and oxygen atoms in total. The average Bonchev–Trinajstić information content (AvgIpc) is 2.28. The smallest absolute Gasteiger partial charge is 0.180 e. The first kappa shape index (κ1) is 6.84. The van der Waals surface area contributed by atoms with E-state index in [4.69, 9.17) is 0 Å². The Hall–Kier alpha value is -1.84. The predicted molar refractivity (Wildman–Crippen MR) is 42.7 cm³/mol. The number of hydrogen-bond acceptors (Lipinski definition) is 4. The van der Waals surface area contributed by atoms with E-state index in [1.54, 1.807) is 18.3 Å². The van der Waals surface area contributed by atoms with Crippen LogP contribution >= 0.6 is 0 Å². The lowest BCUT2D eigenvalue weighted by Gasteiger charge is -1.92. The molecule has 0 atom stereocenters. The Kier molecular flexibility index (Phi) is 1.51. The maximum Gasteiger partial charge on any atom is 0.180 e. The van der Waals surface area contributed by atoms with Crippen LogP contribution in [0.2, 0.25) is 0 Å². The van der Waals surface area contributed by atoms with Gasteiger partial charge in [0, 0.05) is 11.6 Å². The van der Waals surface area contributed by atoms with Gasteiger partial charge in [0.25, 0.3) is 0 Å². The molecule has 58 valence electrons. The summed E-state index contributed by atoms with van der Waals surface area (Å²) in [5.74, 6) is 0. The van der Waals surface area contributed by atoms with Crippen LogP contribution < -0.4 is 5.43 Å². The molecule has 0 fully saturated rings. The van der Waals surface area contributed by atoms with Gasteiger partial charge in [-0.25, -0.2) is 0 Å². The van der Waals surface area contributed by atoms with E-state index in [1.165, 1.54) is 12.1 Å². The molecule has 0 N–H and O–H groups in total. The van der Waals surface area contributed by atoms with Crippen molar-refractivity contribution >= 4 is 0 Å². The predicted octanol–water partition coefficient (Wildman–Crippen LogP) is 0.337. The lowest BCUT2D eigenvalue weighted by Crippen LogP contribution is -1.97. The highest BCUT2D eigenvalue weighted by Crippen LogP contribution is 2.11. The number of hydrogen-bond donors (Lipinski definition) is 0. The topological polar surface area (TPSA) is 55.7 Å². The van der Waals surface area contributed by atoms with Crippen molar-refractivity contribution in [3.63, 3.8) is 0 Å². The van der Waals surface area contributed by atoms with Crippen molar-refractivity contribution in [2.24, 2.45) is 0 Å². The zero-order valence-corrected chi connectivity index (χ0v) is 6.14. The van der Waals surface area contributed by atoms with Crippen LogP contribution in [0.4, 0.5) is 0 Å². The van der Waals surface area contributed by atoms with Gasteiger partial charge in [-0.3, -0.25) is 4.79 Å². The van der Waals surface area contributed by atoms with E-state index < -0.39 is 0 Å². The van der Waals surface area contributed by atoms with Gasteiger partial charge < -0.3 is 0 Å². The van der Waals surface area contributed by atoms with E-state index in [0.717, 1.165) is 5.56 Å². The van der Waals surface area contributed by atoms with E-state index in [1.807, 2.05) is 0 Å². The maximum atomic E-state index is 10.9. The Morgan fingerprint density at radius 2 is 2.08 bits per heavy atom. The van der Waals surface area contributed by atoms with Crippen molar-refractivity contribution in [1.29, 1.82) is 0 Å². The van der Waals surface area contributed by atoms with Crippen molar-refractivity contribution in [3.05, 3.63) is 40.7 Å². The molecule has 4 heteroatoms. The average molecular weight is 159 g/mol. The van der Waals surface area contributed by atoms with E-state index in [-0.39, 0.29) is 5.43 Å². The fourth-order valence-electron chi connectivity index (χ4n) is 0.968. The molecule has 0 aromatic carbocycles. The molecule has 2 rings (SSSR count). The third-order valence-corrected chi connectivity index (χ3v) is 1.53. The standard InChI is InChI=1S/C8H5N3O/c12-7-2-1-6-3-4-9-11-10-8(6)5-7/h1-5H. The molecule has 0 saturated carbocycles. The van der Waals surface area contributed by atoms with Gasteiger partial charge in [-0.15, -0.1) is 10.2 Å². The number of fused-ring (bicyclic) bond motifs is 1. The SMILES string of the molecule is O=c1ccc2ccnnnc-2c1. The molecule has 0 radical (unpaired) electrons. The van der Waals surface area contributed by atoms with Gasteiger partial charge in [0.2, 0.25) is 0 Å². The Morgan fingerprint density at radius 3 is 3.00 bits per heavy atom. The molecule has 1 heterocycles. The first-order valence-electron chi connectivity index (χ1n) is 3.45. The highest BCUT2D eigenvalue weighted by molar-refractivity contribution is 5.58. The van der Waals surface area contributed by atoms with Gasteiger partial charge in [-0.1, -0.05) is 0 Å². The monoisotopic (exact) mass is 159 g/mol. The normalized spacial score (nSPS) is 10.0. The third-order valence-electron chi connectivity index (χ3n) is 1.53. The minimum absolute atomic E-state index is 0.0667. The Morgan fingerprint density at radius 1 is 1.17 bits per heavy atom. The van der Waals surface area contributed by atoms with Gasteiger partial charge in [-0.05, 0) is 23.4 Å². The lowest BCUT2D eigenvalue weighted by molar-refractivity contribution is 0.895. The van der Waals surface area contributed by atoms with Crippen LogP contribution in [0.25, 0.3) is 11.3 Å². The largest absolute Gasteiger partial charge is 0.290 e. The van der Waals surface area contributed by atoms with Gasteiger partial charge >= 0.3 is 0 Å². The molecule has 12 heavy (non-hydrogen) atoms. The molecule has 0 saturated heterocycles. The van der Waals surface area contributed by atoms with E-state index in [9.17, 15) is 4.79 Å². The van der Waals surface area contributed by atoms with E-state index in [0.29, 0.717) is 5.69 Å². The van der Waals surface area contributed by atoms with Crippen LogP contribution in [-0.2, 0) is 0 Å². The molecule has 0 amide bonds. The minimum Gasteiger partial charge on any atom is -0.290 e. The summed E-state index contributed by atoms with van der Waals surface area (Å²) in [5.41, 5.74) is 1.36. The number of aromatic nitrogens is 3. The van der Waals surface area contributed by atoms with E-state index in [2.05, 4.69) is 15.4 Å². The maximum absolute atomic E-state index is 10.9. The second kappa shape index (κ2) is 2.65. The van der Waals surface area contributed by atoms with Crippen LogP contribution in [0.15, 0.2) is 35.3 Å². The zero-order valence-electron chi connectivity index (χ0n) is 6.14. The van der Waals surface area contributed by atoms with Gasteiger partial charge in [-0.2, -0.15) is 0 Å². The van der Waals surface area contributed by atoms with Crippen molar-refractivity contribution in [2.45, 2.75) is 0 Å². The summed E-state index contributed by atoms with van der Waals surface area (Å²) in [6, 6.07) is 6.39. The van der Waals surface area contributed by atoms with Crippen molar-refractivity contribution in [1.82, 2.24) is 15.4 Å². The zero-order chi connectivity index (χ0) is 8.39. The van der Waals surface area contributed by atoms with Crippen molar-refractivity contribution in [2.75, 3.05) is 0 Å². The quantitative estimate of drug-likeness (QED) is 0.556. The Labute approximate surface area is 68.2 Å². The van der Waals surface area contributed by atoms with Crippen LogP contribution in [-0.4, -0.2) is 15.4 Å². The van der Waals surface area contributed by atoms with Gasteiger partial charge in [0.1, 0.15) is 0 Å². The molecule has 1 aliphatic carbocycles. The van der Waals surface area contributed by atoms with Gasteiger partial charge in [0.05, 0.1) is 11.9 Å². The Bertz CT molecular complexity index is 429. The summed E-state index contributed by atoms with van der Waals surface area (Å²) in [4.78, 5) is 10.9. The molecule has 0 spiro atoms. The second-order valence-corrected chi connectivity index (χ2v) is 2.34. The van der Waals surface area contributed by atoms with Crippen molar-refractivity contribution in [3.8, 4) is 11.3 Å². The fourth-order valence-corrected chi connectivity index (χ4v) is 0.968. The second-order valence-electron chi connectivity index (χ2n) is 2.34. The van der Waals surface area contributed by atoms with Crippen molar-refractivity contribution < 1.29 is 0 Å². The fraction of sp³-hybridized carbons (Fsp3) is 0. The summed E-state index contributed by atoms with van der Waals surface area (Å²) in [6.45, 7) is 0. The molecule has 0 bridgehead atoms. The molecule has 2 aliphatic rings. The Balaban J connectivity index is 2.82. The highest BCUT2D eigenvalue weighted by atomic mass is 16.1. The summed E-state index contributed by atoms with van der Waals surface area (Å²) in [7, 11) is 0. The first-order chi connectivity index (χ1) is 5.86. The highest BCUT2D eigenvalue weighted by Gasteiger charge is 1.99. The number of nitrogens with zero attached hydrogens (tertiary/aromatic N) is 3. The van der Waals surface area contributed by atoms with Crippen LogP contribution in [0.1, 0.15) is 0 Å².